The zero-order valence-electron chi connectivity index (χ0n) is 12.6. The Morgan fingerprint density at radius 1 is 1.27 bits per heavy atom. The van der Waals surface area contributed by atoms with Crippen LogP contribution < -0.4 is 4.74 Å². The summed E-state index contributed by atoms with van der Waals surface area (Å²) in [6, 6.07) is 9.78. The second-order valence-electron chi connectivity index (χ2n) is 5.51. The standard InChI is InChI=1S/C16H20N4O2/c1-13(22-15-5-3-2-4-6-15)16(21)19-10-7-14(8-11-19)20-12-9-17-18-20/h2-6,9,12-14H,7-8,10-11H2,1H3. The first-order valence-corrected chi connectivity index (χ1v) is 7.60. The molecule has 116 valence electrons. The number of piperidine rings is 1. The van der Waals surface area contributed by atoms with Crippen molar-refractivity contribution in [3.05, 3.63) is 42.7 Å². The predicted octanol–water partition coefficient (Wildman–Crippen LogP) is 1.91. The Morgan fingerprint density at radius 2 is 2.00 bits per heavy atom. The van der Waals surface area contributed by atoms with Crippen LogP contribution in [0.4, 0.5) is 0 Å². The van der Waals surface area contributed by atoms with Crippen LogP contribution in [0, 0.1) is 0 Å². The Labute approximate surface area is 129 Å². The van der Waals surface area contributed by atoms with Crippen LogP contribution in [0.2, 0.25) is 0 Å². The molecule has 6 heteroatoms. The molecule has 0 aliphatic carbocycles. The lowest BCUT2D eigenvalue weighted by molar-refractivity contribution is -0.139. The van der Waals surface area contributed by atoms with Crippen LogP contribution in [0.3, 0.4) is 0 Å². The average molecular weight is 300 g/mol. The van der Waals surface area contributed by atoms with E-state index in [9.17, 15) is 4.79 Å². The van der Waals surface area contributed by atoms with Crippen LogP contribution in [0.1, 0.15) is 25.8 Å². The maximum atomic E-state index is 12.5. The summed E-state index contributed by atoms with van der Waals surface area (Å²) in [5.74, 6) is 0.766. The molecular weight excluding hydrogens is 280 g/mol. The molecular formula is C16H20N4O2. The van der Waals surface area contributed by atoms with E-state index in [1.54, 1.807) is 13.1 Å². The molecule has 0 radical (unpaired) electrons. The van der Waals surface area contributed by atoms with Gasteiger partial charge in [-0.05, 0) is 31.9 Å². The van der Waals surface area contributed by atoms with Crippen molar-refractivity contribution in [2.45, 2.75) is 31.9 Å². The number of amides is 1. The van der Waals surface area contributed by atoms with Crippen molar-refractivity contribution < 1.29 is 9.53 Å². The van der Waals surface area contributed by atoms with E-state index in [0.717, 1.165) is 31.7 Å². The maximum absolute atomic E-state index is 12.5. The molecule has 0 saturated carbocycles. The SMILES string of the molecule is CC(Oc1ccccc1)C(=O)N1CCC(n2ccnn2)CC1. The minimum Gasteiger partial charge on any atom is -0.481 e. The summed E-state index contributed by atoms with van der Waals surface area (Å²) in [6.45, 7) is 3.26. The number of rotatable bonds is 4. The second kappa shape index (κ2) is 6.60. The Kier molecular flexibility index (Phi) is 4.37. The van der Waals surface area contributed by atoms with Crippen molar-refractivity contribution in [1.82, 2.24) is 19.9 Å². The predicted molar refractivity (Wildman–Crippen MR) is 81.4 cm³/mol. The van der Waals surface area contributed by atoms with Crippen LogP contribution in [0.25, 0.3) is 0 Å². The number of nitrogens with zero attached hydrogens (tertiary/aromatic N) is 4. The summed E-state index contributed by atoms with van der Waals surface area (Å²) < 4.78 is 7.59. The molecule has 1 atom stereocenters. The largest absolute Gasteiger partial charge is 0.481 e. The van der Waals surface area contributed by atoms with Gasteiger partial charge in [0.2, 0.25) is 0 Å². The summed E-state index contributed by atoms with van der Waals surface area (Å²) >= 11 is 0. The summed E-state index contributed by atoms with van der Waals surface area (Å²) in [7, 11) is 0. The molecule has 0 N–H and O–H groups in total. The van der Waals surface area contributed by atoms with E-state index in [0.29, 0.717) is 6.04 Å². The lowest BCUT2D eigenvalue weighted by atomic mass is 10.0. The lowest BCUT2D eigenvalue weighted by Gasteiger charge is -2.33. The number of hydrogen-bond acceptors (Lipinski definition) is 4. The molecule has 1 aliphatic heterocycles. The van der Waals surface area contributed by atoms with Gasteiger partial charge in [-0.1, -0.05) is 23.4 Å². The molecule has 6 nitrogen and oxygen atoms in total. The fourth-order valence-corrected chi connectivity index (χ4v) is 2.77. The minimum atomic E-state index is -0.467. The van der Waals surface area contributed by atoms with Gasteiger partial charge < -0.3 is 9.64 Å². The number of benzene rings is 1. The molecule has 3 rings (SSSR count). The Balaban J connectivity index is 1.53. The topological polar surface area (TPSA) is 60.2 Å². The zero-order valence-corrected chi connectivity index (χ0v) is 12.6. The molecule has 1 amide bonds. The molecule has 1 aliphatic rings. The number of carbonyl (C=O) groups excluding carboxylic acids is 1. The summed E-state index contributed by atoms with van der Waals surface area (Å²) in [5.41, 5.74) is 0. The first kappa shape index (κ1) is 14.6. The molecule has 1 fully saturated rings. The Morgan fingerprint density at radius 3 is 2.64 bits per heavy atom. The summed E-state index contributed by atoms with van der Waals surface area (Å²) in [5, 5.41) is 7.88. The molecule has 0 spiro atoms. The van der Waals surface area contributed by atoms with E-state index in [1.165, 1.54) is 0 Å². The van der Waals surface area contributed by atoms with E-state index in [-0.39, 0.29) is 5.91 Å². The van der Waals surface area contributed by atoms with Crippen LogP contribution >= 0.6 is 0 Å². The fourth-order valence-electron chi connectivity index (χ4n) is 2.77. The van der Waals surface area contributed by atoms with Gasteiger partial charge in [0.15, 0.2) is 6.10 Å². The van der Waals surface area contributed by atoms with Gasteiger partial charge in [-0.25, -0.2) is 4.68 Å². The van der Waals surface area contributed by atoms with Crippen molar-refractivity contribution in [2.75, 3.05) is 13.1 Å². The number of para-hydroxylation sites is 1. The third kappa shape index (κ3) is 3.27. The highest BCUT2D eigenvalue weighted by atomic mass is 16.5. The van der Waals surface area contributed by atoms with Crippen molar-refractivity contribution in [3.63, 3.8) is 0 Å². The number of likely N-dealkylation sites (tertiary alicyclic amines) is 1. The van der Waals surface area contributed by atoms with E-state index in [4.69, 9.17) is 4.74 Å². The van der Waals surface area contributed by atoms with E-state index in [2.05, 4.69) is 10.3 Å². The molecule has 1 unspecified atom stereocenters. The van der Waals surface area contributed by atoms with Crippen LogP contribution in [-0.4, -0.2) is 45.0 Å². The quantitative estimate of drug-likeness (QED) is 0.865. The van der Waals surface area contributed by atoms with E-state index < -0.39 is 6.10 Å². The van der Waals surface area contributed by atoms with Gasteiger partial charge in [0.1, 0.15) is 5.75 Å². The van der Waals surface area contributed by atoms with Crippen LogP contribution in [0.15, 0.2) is 42.7 Å². The normalized spacial score (nSPS) is 17.2. The summed E-state index contributed by atoms with van der Waals surface area (Å²) in [4.78, 5) is 14.3. The molecule has 0 bridgehead atoms. The van der Waals surface area contributed by atoms with Gasteiger partial charge >= 0.3 is 0 Å². The van der Waals surface area contributed by atoms with Crippen molar-refractivity contribution in [3.8, 4) is 5.75 Å². The third-order valence-corrected chi connectivity index (χ3v) is 4.00. The average Bonchev–Trinajstić information content (AvgIpc) is 3.10. The van der Waals surface area contributed by atoms with Crippen molar-refractivity contribution in [2.24, 2.45) is 0 Å². The zero-order chi connectivity index (χ0) is 15.4. The maximum Gasteiger partial charge on any atom is 0.263 e. The highest BCUT2D eigenvalue weighted by molar-refractivity contribution is 5.81. The molecule has 2 aromatic rings. The molecule has 1 saturated heterocycles. The Bertz CT molecular complexity index is 592. The fraction of sp³-hybridized carbons (Fsp3) is 0.438. The van der Waals surface area contributed by atoms with E-state index in [1.807, 2.05) is 46.1 Å². The first-order chi connectivity index (χ1) is 10.7. The lowest BCUT2D eigenvalue weighted by Crippen LogP contribution is -2.45. The molecule has 22 heavy (non-hydrogen) atoms. The molecule has 1 aromatic carbocycles. The Hall–Kier alpha value is -2.37. The monoisotopic (exact) mass is 300 g/mol. The number of aromatic nitrogens is 3. The van der Waals surface area contributed by atoms with Crippen molar-refractivity contribution >= 4 is 5.91 Å². The molecule has 1 aromatic heterocycles. The van der Waals surface area contributed by atoms with Gasteiger partial charge in [-0.15, -0.1) is 5.10 Å². The van der Waals surface area contributed by atoms with E-state index >= 15 is 0 Å². The van der Waals surface area contributed by atoms with Gasteiger partial charge in [0.05, 0.1) is 12.2 Å². The summed E-state index contributed by atoms with van der Waals surface area (Å²) in [6.07, 6.45) is 4.89. The second-order valence-corrected chi connectivity index (χ2v) is 5.51. The van der Waals surface area contributed by atoms with Gasteiger partial charge in [0, 0.05) is 19.3 Å². The van der Waals surface area contributed by atoms with Crippen LogP contribution in [-0.2, 0) is 4.79 Å². The molecule has 2 heterocycles. The van der Waals surface area contributed by atoms with Crippen LogP contribution in [0.5, 0.6) is 5.75 Å². The first-order valence-electron chi connectivity index (χ1n) is 7.60. The number of carbonyl (C=O) groups is 1. The van der Waals surface area contributed by atoms with Gasteiger partial charge in [-0.3, -0.25) is 4.79 Å². The van der Waals surface area contributed by atoms with Gasteiger partial charge in [0.25, 0.3) is 5.91 Å². The number of ether oxygens (including phenoxy) is 1. The minimum absolute atomic E-state index is 0.0425. The van der Waals surface area contributed by atoms with Gasteiger partial charge in [-0.2, -0.15) is 0 Å². The highest BCUT2D eigenvalue weighted by Gasteiger charge is 2.27. The smallest absolute Gasteiger partial charge is 0.263 e. The van der Waals surface area contributed by atoms with Crippen molar-refractivity contribution in [1.29, 1.82) is 0 Å². The number of hydrogen-bond donors (Lipinski definition) is 0. The third-order valence-electron chi connectivity index (χ3n) is 4.00. The highest BCUT2D eigenvalue weighted by Crippen LogP contribution is 2.22.